The number of nitrogens with one attached hydrogen (secondary N) is 2. The molecule has 0 radical (unpaired) electrons. The molecule has 210 valence electrons. The van der Waals surface area contributed by atoms with Gasteiger partial charge in [0.25, 0.3) is 11.6 Å². The fourth-order valence-electron chi connectivity index (χ4n) is 3.70. The SMILES string of the molecule is CCCNS(=O)(=O)c1cc([N+](=O)[O-])ccc1Oc1c(C)c(C(=O)NCc2ccco2)nn1-c1ccc(OC)cc1. The molecule has 14 heteroatoms. The molecule has 1 amide bonds. The van der Waals surface area contributed by atoms with Gasteiger partial charge in [-0.25, -0.2) is 13.1 Å². The van der Waals surface area contributed by atoms with Gasteiger partial charge in [0.2, 0.25) is 15.9 Å². The molecule has 0 saturated heterocycles. The Bertz CT molecular complexity index is 1610. The van der Waals surface area contributed by atoms with E-state index in [1.54, 1.807) is 50.2 Å². The zero-order valence-corrected chi connectivity index (χ0v) is 22.7. The highest BCUT2D eigenvalue weighted by Crippen LogP contribution is 2.36. The number of hydrogen-bond donors (Lipinski definition) is 2. The van der Waals surface area contributed by atoms with E-state index in [-0.39, 0.29) is 30.4 Å². The first-order chi connectivity index (χ1) is 19.1. The third kappa shape index (κ3) is 6.13. The molecule has 0 aliphatic carbocycles. The second-order valence-corrected chi connectivity index (χ2v) is 10.3. The van der Waals surface area contributed by atoms with Crippen LogP contribution in [-0.2, 0) is 16.6 Å². The highest BCUT2D eigenvalue weighted by Gasteiger charge is 2.27. The standard InChI is InChI=1S/C26H27N5O8S/c1-4-13-28-40(35,36)23-15-19(31(33)34)9-12-22(23)39-26-17(2)24(25(32)27-16-21-6-5-14-38-21)29-30(26)18-7-10-20(37-3)11-8-18/h5-12,14-15,28H,4,13,16H2,1-3H3,(H,27,32). The number of non-ortho nitro benzene ring substituents is 1. The van der Waals surface area contributed by atoms with Crippen LogP contribution in [0.1, 0.15) is 35.2 Å². The Morgan fingerprint density at radius 1 is 1.18 bits per heavy atom. The van der Waals surface area contributed by atoms with Crippen molar-refractivity contribution >= 4 is 21.6 Å². The molecule has 2 heterocycles. The van der Waals surface area contributed by atoms with Crippen molar-refractivity contribution in [1.82, 2.24) is 19.8 Å². The van der Waals surface area contributed by atoms with Crippen LogP contribution in [0.3, 0.4) is 0 Å². The molecule has 2 aromatic heterocycles. The summed E-state index contributed by atoms with van der Waals surface area (Å²) in [4.78, 5) is 23.4. The predicted molar refractivity (Wildman–Crippen MR) is 143 cm³/mol. The van der Waals surface area contributed by atoms with Gasteiger partial charge in [0.05, 0.1) is 30.5 Å². The van der Waals surface area contributed by atoms with E-state index < -0.39 is 31.4 Å². The molecule has 0 fully saturated rings. The molecule has 0 aliphatic rings. The molecule has 2 N–H and O–H groups in total. The zero-order valence-electron chi connectivity index (χ0n) is 21.9. The number of benzene rings is 2. The van der Waals surface area contributed by atoms with Gasteiger partial charge in [-0.3, -0.25) is 14.9 Å². The summed E-state index contributed by atoms with van der Waals surface area (Å²) in [6.45, 7) is 3.61. The van der Waals surface area contributed by atoms with Crippen LogP contribution in [0.25, 0.3) is 5.69 Å². The number of rotatable bonds is 12. The molecule has 0 bridgehead atoms. The van der Waals surface area contributed by atoms with Crippen LogP contribution in [0.15, 0.2) is 70.2 Å². The van der Waals surface area contributed by atoms with E-state index in [4.69, 9.17) is 13.9 Å². The van der Waals surface area contributed by atoms with Crippen LogP contribution in [0.2, 0.25) is 0 Å². The van der Waals surface area contributed by atoms with E-state index >= 15 is 0 Å². The molecule has 4 aromatic rings. The number of nitro benzene ring substituents is 1. The summed E-state index contributed by atoms with van der Waals surface area (Å²) in [5.74, 6) is 0.449. The Labute approximate surface area is 229 Å². The van der Waals surface area contributed by atoms with Gasteiger partial charge in [-0.2, -0.15) is 9.78 Å². The summed E-state index contributed by atoms with van der Waals surface area (Å²) < 4.78 is 46.5. The van der Waals surface area contributed by atoms with Crippen molar-refractivity contribution in [1.29, 1.82) is 0 Å². The van der Waals surface area contributed by atoms with Gasteiger partial charge >= 0.3 is 0 Å². The first-order valence-corrected chi connectivity index (χ1v) is 13.6. The number of nitro groups is 1. The molecular formula is C26H27N5O8S. The number of amides is 1. The van der Waals surface area contributed by atoms with Gasteiger partial charge in [0.15, 0.2) is 5.69 Å². The van der Waals surface area contributed by atoms with Gasteiger partial charge in [-0.15, -0.1) is 0 Å². The summed E-state index contributed by atoms with van der Waals surface area (Å²) in [6.07, 6.45) is 1.99. The van der Waals surface area contributed by atoms with Gasteiger partial charge in [-0.1, -0.05) is 6.92 Å². The van der Waals surface area contributed by atoms with Crippen LogP contribution in [0, 0.1) is 17.0 Å². The Morgan fingerprint density at radius 2 is 1.93 bits per heavy atom. The number of aromatic nitrogens is 2. The van der Waals surface area contributed by atoms with Gasteiger partial charge in [0.1, 0.15) is 22.2 Å². The van der Waals surface area contributed by atoms with Crippen LogP contribution in [-0.4, -0.2) is 42.7 Å². The molecule has 0 aliphatic heterocycles. The van der Waals surface area contributed by atoms with Crippen molar-refractivity contribution in [2.24, 2.45) is 0 Å². The fourth-order valence-corrected chi connectivity index (χ4v) is 4.98. The topological polar surface area (TPSA) is 168 Å². The molecule has 0 saturated carbocycles. The highest BCUT2D eigenvalue weighted by atomic mass is 32.2. The lowest BCUT2D eigenvalue weighted by molar-refractivity contribution is -0.385. The van der Waals surface area contributed by atoms with Crippen LogP contribution >= 0.6 is 0 Å². The molecule has 0 atom stereocenters. The molecule has 13 nitrogen and oxygen atoms in total. The highest BCUT2D eigenvalue weighted by molar-refractivity contribution is 7.89. The number of carbonyl (C=O) groups excluding carboxylic acids is 1. The molecule has 40 heavy (non-hydrogen) atoms. The second-order valence-electron chi connectivity index (χ2n) is 8.54. The molecular weight excluding hydrogens is 542 g/mol. The maximum atomic E-state index is 13.1. The third-order valence-corrected chi connectivity index (χ3v) is 7.26. The Kier molecular flexibility index (Phi) is 8.50. The second kappa shape index (κ2) is 12.0. The normalized spacial score (nSPS) is 11.3. The average molecular weight is 570 g/mol. The summed E-state index contributed by atoms with van der Waals surface area (Å²) in [5.41, 5.74) is 0.380. The summed E-state index contributed by atoms with van der Waals surface area (Å²) in [6, 6.07) is 13.4. The molecule has 0 unspecified atom stereocenters. The van der Waals surface area contributed by atoms with Gasteiger partial charge in [0, 0.05) is 24.2 Å². The van der Waals surface area contributed by atoms with Gasteiger partial charge < -0.3 is 19.2 Å². The van der Waals surface area contributed by atoms with E-state index in [0.29, 0.717) is 29.2 Å². The number of sulfonamides is 1. The van der Waals surface area contributed by atoms with Gasteiger partial charge in [-0.05, 0) is 55.8 Å². The van der Waals surface area contributed by atoms with E-state index in [1.807, 2.05) is 0 Å². The minimum absolute atomic E-state index is 0.0211. The minimum Gasteiger partial charge on any atom is -0.497 e. The van der Waals surface area contributed by atoms with Crippen molar-refractivity contribution in [2.75, 3.05) is 13.7 Å². The Morgan fingerprint density at radius 3 is 2.55 bits per heavy atom. The van der Waals surface area contributed by atoms with Crippen LogP contribution in [0.5, 0.6) is 17.4 Å². The van der Waals surface area contributed by atoms with Crippen molar-refractivity contribution < 1.29 is 32.0 Å². The fraction of sp³-hybridized carbons (Fsp3) is 0.231. The molecule has 4 rings (SSSR count). The monoisotopic (exact) mass is 569 g/mol. The lowest BCUT2D eigenvalue weighted by atomic mass is 10.2. The molecule has 2 aromatic carbocycles. The summed E-state index contributed by atoms with van der Waals surface area (Å²) >= 11 is 0. The van der Waals surface area contributed by atoms with Crippen molar-refractivity contribution in [3.63, 3.8) is 0 Å². The molecule has 0 spiro atoms. The minimum atomic E-state index is -4.19. The van der Waals surface area contributed by atoms with Crippen molar-refractivity contribution in [3.05, 3.63) is 88.0 Å². The first-order valence-electron chi connectivity index (χ1n) is 12.1. The van der Waals surface area contributed by atoms with E-state index in [1.165, 1.54) is 24.1 Å². The zero-order chi connectivity index (χ0) is 28.9. The van der Waals surface area contributed by atoms with Crippen LogP contribution < -0.4 is 19.5 Å². The summed E-state index contributed by atoms with van der Waals surface area (Å²) in [5, 5.41) is 18.6. The maximum Gasteiger partial charge on any atom is 0.272 e. The van der Waals surface area contributed by atoms with E-state index in [9.17, 15) is 23.3 Å². The predicted octanol–water partition coefficient (Wildman–Crippen LogP) is 4.10. The number of hydrogen-bond acceptors (Lipinski definition) is 9. The van der Waals surface area contributed by atoms with Crippen molar-refractivity contribution in [2.45, 2.75) is 31.7 Å². The Hall–Kier alpha value is -4.69. The lowest BCUT2D eigenvalue weighted by Crippen LogP contribution is -2.25. The third-order valence-electron chi connectivity index (χ3n) is 5.78. The van der Waals surface area contributed by atoms with Crippen molar-refractivity contribution in [3.8, 4) is 23.1 Å². The number of carbonyl (C=O) groups is 1. The smallest absolute Gasteiger partial charge is 0.272 e. The maximum absolute atomic E-state index is 13.1. The first kappa shape index (κ1) is 28.3. The number of furan rings is 1. The van der Waals surface area contributed by atoms with Crippen LogP contribution in [0.4, 0.5) is 5.69 Å². The number of methoxy groups -OCH3 is 1. The quantitative estimate of drug-likeness (QED) is 0.188. The number of nitrogens with zero attached hydrogens (tertiary/aromatic N) is 3. The average Bonchev–Trinajstić information content (AvgIpc) is 3.59. The summed E-state index contributed by atoms with van der Waals surface area (Å²) in [7, 11) is -2.67. The lowest BCUT2D eigenvalue weighted by Gasteiger charge is -2.14. The Balaban J connectivity index is 1.80. The van der Waals surface area contributed by atoms with E-state index in [2.05, 4.69) is 15.1 Å². The number of ether oxygens (including phenoxy) is 2. The van der Waals surface area contributed by atoms with E-state index in [0.717, 1.165) is 12.1 Å². The largest absolute Gasteiger partial charge is 0.497 e.